The van der Waals surface area contributed by atoms with E-state index in [2.05, 4.69) is 55.0 Å². The van der Waals surface area contributed by atoms with Crippen LogP contribution in [0.25, 0.3) is 0 Å². The van der Waals surface area contributed by atoms with Gasteiger partial charge < -0.3 is 5.32 Å². The van der Waals surface area contributed by atoms with Gasteiger partial charge in [-0.15, -0.1) is 23.5 Å². The highest BCUT2D eigenvalue weighted by Crippen LogP contribution is 2.62. The molecule has 0 unspecified atom stereocenters. The third-order valence-corrected chi connectivity index (χ3v) is 16.3. The molecule has 2 aliphatic heterocycles. The van der Waals surface area contributed by atoms with Crippen LogP contribution < -0.4 is 5.32 Å². The Balaban J connectivity index is 1.74. The predicted molar refractivity (Wildman–Crippen MR) is 209 cm³/mol. The lowest BCUT2D eigenvalue weighted by atomic mass is 10.1. The van der Waals surface area contributed by atoms with Crippen LogP contribution in [0.4, 0.5) is 0 Å². The molecular weight excluding hydrogens is 643 g/mol. The molecule has 0 fully saturated rings. The molecule has 8 heteroatoms. The van der Waals surface area contributed by atoms with Gasteiger partial charge in [0, 0.05) is 6.54 Å². The maximum absolute atomic E-state index is 12.6. The molecule has 2 heterocycles. The second-order valence-electron chi connectivity index (χ2n) is 11.7. The van der Waals surface area contributed by atoms with E-state index in [-0.39, 0.29) is 5.91 Å². The number of amides is 1. The fourth-order valence-corrected chi connectivity index (χ4v) is 13.4. The topological polar surface area (TPSA) is 29.1 Å². The molecular formula is C35H61NOS6. The maximum Gasteiger partial charge on any atom is 0.258 e. The summed E-state index contributed by atoms with van der Waals surface area (Å²) in [7, 11) is 0. The number of carbonyl (C=O) groups excluding carboxylic acids is 1. The van der Waals surface area contributed by atoms with Crippen molar-refractivity contribution in [3.05, 3.63) is 27.3 Å². The van der Waals surface area contributed by atoms with E-state index in [1.807, 2.05) is 23.5 Å². The van der Waals surface area contributed by atoms with Crippen LogP contribution in [-0.2, 0) is 4.79 Å². The Bertz CT molecular complexity index is 800. The molecule has 0 bridgehead atoms. The molecule has 1 N–H and O–H groups in total. The van der Waals surface area contributed by atoms with Crippen LogP contribution in [0.2, 0.25) is 0 Å². The second-order valence-corrected chi connectivity index (χ2v) is 18.9. The van der Waals surface area contributed by atoms with Crippen molar-refractivity contribution in [3.8, 4) is 0 Å². The van der Waals surface area contributed by atoms with E-state index < -0.39 is 0 Å². The summed E-state index contributed by atoms with van der Waals surface area (Å²) in [6.07, 6.45) is 30.1. The Morgan fingerprint density at radius 3 is 1.42 bits per heavy atom. The SMILES string of the molecule is CCCCCCCCCCCCSC1=C(SCCCCCCCCCCCC)SC(=C2SC=C(C(=O)NCCCC)S2)S1. The lowest BCUT2D eigenvalue weighted by Crippen LogP contribution is -2.24. The van der Waals surface area contributed by atoms with E-state index in [9.17, 15) is 4.79 Å². The van der Waals surface area contributed by atoms with Gasteiger partial charge in [0.05, 0.1) is 21.9 Å². The van der Waals surface area contributed by atoms with E-state index in [0.29, 0.717) is 0 Å². The molecule has 43 heavy (non-hydrogen) atoms. The number of hydrogen-bond donors (Lipinski definition) is 1. The molecule has 2 rings (SSSR count). The summed E-state index contributed by atoms with van der Waals surface area (Å²) >= 11 is 11.5. The van der Waals surface area contributed by atoms with Crippen LogP contribution in [0, 0.1) is 0 Å². The molecule has 2 aliphatic rings. The summed E-state index contributed by atoms with van der Waals surface area (Å²) in [5, 5.41) is 5.14. The highest BCUT2D eigenvalue weighted by atomic mass is 32.3. The highest BCUT2D eigenvalue weighted by molar-refractivity contribution is 8.42. The molecule has 0 saturated carbocycles. The van der Waals surface area contributed by atoms with Gasteiger partial charge >= 0.3 is 0 Å². The fraction of sp³-hybridized carbons (Fsp3) is 0.800. The molecule has 0 aromatic rings. The minimum absolute atomic E-state index is 0.0913. The van der Waals surface area contributed by atoms with Crippen molar-refractivity contribution < 1.29 is 4.79 Å². The van der Waals surface area contributed by atoms with Gasteiger partial charge in [-0.3, -0.25) is 4.79 Å². The summed E-state index contributed by atoms with van der Waals surface area (Å²) < 4.78 is 5.71. The number of thioether (sulfide) groups is 6. The third kappa shape index (κ3) is 19.3. The molecule has 0 spiro atoms. The first-order valence-corrected chi connectivity index (χ1v) is 22.9. The minimum Gasteiger partial charge on any atom is -0.352 e. The van der Waals surface area contributed by atoms with Crippen LogP contribution in [0.5, 0.6) is 0 Å². The zero-order valence-electron chi connectivity index (χ0n) is 27.6. The number of hydrogen-bond acceptors (Lipinski definition) is 7. The van der Waals surface area contributed by atoms with Gasteiger partial charge in [0.25, 0.3) is 5.91 Å². The van der Waals surface area contributed by atoms with E-state index in [1.165, 1.54) is 157 Å². The van der Waals surface area contributed by atoms with E-state index in [1.54, 1.807) is 23.5 Å². The predicted octanol–water partition coefficient (Wildman–Crippen LogP) is 14.3. The minimum atomic E-state index is 0.0913. The molecule has 0 aliphatic carbocycles. The first-order valence-electron chi connectivity index (χ1n) is 17.6. The number of nitrogens with one attached hydrogen (secondary N) is 1. The first kappa shape index (κ1) is 40.0. The summed E-state index contributed by atoms with van der Waals surface area (Å²) in [5.74, 6) is 2.55. The zero-order chi connectivity index (χ0) is 30.8. The molecule has 0 radical (unpaired) electrons. The molecule has 248 valence electrons. The Hall–Kier alpha value is 0.790. The van der Waals surface area contributed by atoms with E-state index >= 15 is 0 Å². The number of rotatable bonds is 28. The number of carbonyl (C=O) groups is 1. The Morgan fingerprint density at radius 1 is 0.558 bits per heavy atom. The molecule has 0 aromatic carbocycles. The Kier molecular flexibility index (Phi) is 25.9. The molecule has 2 nitrogen and oxygen atoms in total. The van der Waals surface area contributed by atoms with Gasteiger partial charge in [0.2, 0.25) is 0 Å². The Labute approximate surface area is 292 Å². The van der Waals surface area contributed by atoms with Gasteiger partial charge in [0.1, 0.15) is 0 Å². The molecule has 0 saturated heterocycles. The van der Waals surface area contributed by atoms with Crippen molar-refractivity contribution in [3.63, 3.8) is 0 Å². The Morgan fingerprint density at radius 2 is 0.977 bits per heavy atom. The number of unbranched alkanes of at least 4 members (excludes halogenated alkanes) is 19. The monoisotopic (exact) mass is 703 g/mol. The first-order chi connectivity index (χ1) is 21.2. The van der Waals surface area contributed by atoms with Crippen LogP contribution in [0.3, 0.4) is 0 Å². The van der Waals surface area contributed by atoms with Crippen LogP contribution in [0.15, 0.2) is 27.3 Å². The lowest BCUT2D eigenvalue weighted by Gasteiger charge is -2.06. The van der Waals surface area contributed by atoms with E-state index in [0.717, 1.165) is 24.3 Å². The molecule has 0 aromatic heterocycles. The summed E-state index contributed by atoms with van der Waals surface area (Å²) in [6, 6.07) is 0. The van der Waals surface area contributed by atoms with Gasteiger partial charge in [-0.2, -0.15) is 0 Å². The van der Waals surface area contributed by atoms with Crippen LogP contribution in [-0.4, -0.2) is 24.0 Å². The van der Waals surface area contributed by atoms with Gasteiger partial charge in [-0.25, -0.2) is 0 Å². The summed E-state index contributed by atoms with van der Waals surface area (Å²) in [6.45, 7) is 7.53. The van der Waals surface area contributed by atoms with Gasteiger partial charge in [-0.05, 0) is 36.2 Å². The average molecular weight is 704 g/mol. The molecule has 0 atom stereocenters. The normalized spacial score (nSPS) is 15.2. The molecule has 1 amide bonds. The maximum atomic E-state index is 12.6. The summed E-state index contributed by atoms with van der Waals surface area (Å²) in [5.41, 5.74) is 0. The smallest absolute Gasteiger partial charge is 0.258 e. The van der Waals surface area contributed by atoms with Crippen molar-refractivity contribution in [1.82, 2.24) is 5.32 Å². The van der Waals surface area contributed by atoms with Crippen LogP contribution in [0.1, 0.15) is 162 Å². The largest absolute Gasteiger partial charge is 0.352 e. The van der Waals surface area contributed by atoms with Crippen molar-refractivity contribution >= 4 is 76.5 Å². The second kappa shape index (κ2) is 27.9. The van der Waals surface area contributed by atoms with Crippen molar-refractivity contribution in [1.29, 1.82) is 0 Å². The summed E-state index contributed by atoms with van der Waals surface area (Å²) in [4.78, 5) is 13.5. The highest BCUT2D eigenvalue weighted by Gasteiger charge is 2.29. The van der Waals surface area contributed by atoms with Gasteiger partial charge in [-0.1, -0.05) is 190 Å². The average Bonchev–Trinajstić information content (AvgIpc) is 3.66. The lowest BCUT2D eigenvalue weighted by molar-refractivity contribution is -0.116. The van der Waals surface area contributed by atoms with Crippen molar-refractivity contribution in [2.45, 2.75) is 162 Å². The van der Waals surface area contributed by atoms with Crippen molar-refractivity contribution in [2.24, 2.45) is 0 Å². The quantitative estimate of drug-likeness (QED) is 0.0811. The van der Waals surface area contributed by atoms with E-state index in [4.69, 9.17) is 0 Å². The van der Waals surface area contributed by atoms with Crippen LogP contribution >= 0.6 is 70.6 Å². The van der Waals surface area contributed by atoms with Crippen molar-refractivity contribution in [2.75, 3.05) is 18.1 Å². The zero-order valence-corrected chi connectivity index (χ0v) is 32.5. The van der Waals surface area contributed by atoms with Gasteiger partial charge in [0.15, 0.2) is 0 Å². The standard InChI is InChI=1S/C35H61NOS6/c1-4-7-10-12-14-16-18-20-22-24-27-38-32-33(39-28-25-23-21-19-17-15-13-11-8-5-2)43-35(42-32)34-40-29-30(41-34)31(37)36-26-9-6-3/h29H,4-28H2,1-3H3,(H,36,37). The fourth-order valence-electron chi connectivity index (χ4n) is 4.95. The third-order valence-electron chi connectivity index (χ3n) is 7.68.